The molecule has 3 heteroatoms. The lowest BCUT2D eigenvalue weighted by atomic mass is 10.1. The predicted octanol–water partition coefficient (Wildman–Crippen LogP) is 4.31. The molecule has 2 aromatic rings. The van der Waals surface area contributed by atoms with Crippen LogP contribution in [0.25, 0.3) is 10.9 Å². The topological polar surface area (TPSA) is 42.2 Å². The minimum atomic E-state index is -0.846. The molecule has 0 fully saturated rings. The Balaban J connectivity index is 2.12. The minimum Gasteiger partial charge on any atom is -0.478 e. The SMILES string of the molecule is CCCCCCCn1cc(C(=O)O)c2ccccc21. The lowest BCUT2D eigenvalue weighted by molar-refractivity contribution is 0.0699. The van der Waals surface area contributed by atoms with Crippen molar-refractivity contribution in [2.45, 2.75) is 45.6 Å². The third kappa shape index (κ3) is 3.16. The van der Waals surface area contributed by atoms with Gasteiger partial charge < -0.3 is 9.67 Å². The van der Waals surface area contributed by atoms with E-state index in [0.717, 1.165) is 23.9 Å². The molecular formula is C16H21NO2. The standard InChI is InChI=1S/C16H21NO2/c1-2-3-4-5-8-11-17-12-14(16(18)19)13-9-6-7-10-15(13)17/h6-7,9-10,12H,2-5,8,11H2,1H3,(H,18,19). The van der Waals surface area contributed by atoms with Crippen molar-refractivity contribution in [1.82, 2.24) is 4.57 Å². The van der Waals surface area contributed by atoms with E-state index in [1.54, 1.807) is 6.20 Å². The number of unbranched alkanes of at least 4 members (excludes halogenated alkanes) is 4. The van der Waals surface area contributed by atoms with Gasteiger partial charge in [0.2, 0.25) is 0 Å². The lowest BCUT2D eigenvalue weighted by Gasteiger charge is -2.04. The van der Waals surface area contributed by atoms with Crippen molar-refractivity contribution in [3.8, 4) is 0 Å². The second-order valence-corrected chi connectivity index (χ2v) is 4.97. The molecule has 0 bridgehead atoms. The highest BCUT2D eigenvalue weighted by molar-refractivity contribution is 6.03. The maximum atomic E-state index is 11.2. The summed E-state index contributed by atoms with van der Waals surface area (Å²) in [6.07, 6.45) is 7.89. The van der Waals surface area contributed by atoms with Crippen molar-refractivity contribution in [1.29, 1.82) is 0 Å². The van der Waals surface area contributed by atoms with Crippen LogP contribution in [-0.4, -0.2) is 15.6 Å². The molecule has 0 aliphatic rings. The lowest BCUT2D eigenvalue weighted by Crippen LogP contribution is -1.97. The molecular weight excluding hydrogens is 238 g/mol. The Morgan fingerprint density at radius 2 is 1.89 bits per heavy atom. The van der Waals surface area contributed by atoms with Crippen molar-refractivity contribution in [2.24, 2.45) is 0 Å². The van der Waals surface area contributed by atoms with Gasteiger partial charge in [0, 0.05) is 23.6 Å². The van der Waals surface area contributed by atoms with Crippen molar-refractivity contribution < 1.29 is 9.90 Å². The molecule has 1 N–H and O–H groups in total. The molecule has 3 nitrogen and oxygen atoms in total. The Morgan fingerprint density at radius 3 is 2.63 bits per heavy atom. The molecule has 102 valence electrons. The Hall–Kier alpha value is -1.77. The van der Waals surface area contributed by atoms with Crippen LogP contribution in [0.5, 0.6) is 0 Å². The van der Waals surface area contributed by atoms with Gasteiger partial charge >= 0.3 is 5.97 Å². The van der Waals surface area contributed by atoms with Gasteiger partial charge in [0.15, 0.2) is 0 Å². The highest BCUT2D eigenvalue weighted by Crippen LogP contribution is 2.22. The van der Waals surface area contributed by atoms with Crippen LogP contribution in [0.1, 0.15) is 49.4 Å². The van der Waals surface area contributed by atoms with Gasteiger partial charge in [-0.1, -0.05) is 50.8 Å². The summed E-state index contributed by atoms with van der Waals surface area (Å²) in [5.74, 6) is -0.846. The van der Waals surface area contributed by atoms with E-state index in [1.807, 2.05) is 24.3 Å². The number of carbonyl (C=O) groups is 1. The predicted molar refractivity (Wildman–Crippen MR) is 77.7 cm³/mol. The molecule has 2 rings (SSSR count). The van der Waals surface area contributed by atoms with Crippen LogP contribution in [0.3, 0.4) is 0 Å². The smallest absolute Gasteiger partial charge is 0.337 e. The summed E-state index contributed by atoms with van der Waals surface area (Å²) in [5, 5.41) is 10.1. The fraction of sp³-hybridized carbons (Fsp3) is 0.438. The van der Waals surface area contributed by atoms with Gasteiger partial charge in [-0.05, 0) is 12.5 Å². The highest BCUT2D eigenvalue weighted by atomic mass is 16.4. The summed E-state index contributed by atoms with van der Waals surface area (Å²) in [5.41, 5.74) is 1.43. The Kier molecular flexibility index (Phi) is 4.61. The molecule has 0 unspecified atom stereocenters. The maximum Gasteiger partial charge on any atom is 0.337 e. The van der Waals surface area contributed by atoms with E-state index in [2.05, 4.69) is 11.5 Å². The van der Waals surface area contributed by atoms with Crippen LogP contribution < -0.4 is 0 Å². The van der Waals surface area contributed by atoms with Gasteiger partial charge in [0.25, 0.3) is 0 Å². The van der Waals surface area contributed by atoms with Crippen LogP contribution in [0.15, 0.2) is 30.5 Å². The van der Waals surface area contributed by atoms with Crippen molar-refractivity contribution in [2.75, 3.05) is 0 Å². The molecule has 1 aromatic carbocycles. The number of benzene rings is 1. The first-order chi connectivity index (χ1) is 9.24. The molecule has 0 atom stereocenters. The molecule has 0 aliphatic heterocycles. The number of hydrogen-bond donors (Lipinski definition) is 1. The zero-order valence-corrected chi connectivity index (χ0v) is 11.4. The number of rotatable bonds is 7. The van der Waals surface area contributed by atoms with Crippen LogP contribution in [0, 0.1) is 0 Å². The zero-order valence-electron chi connectivity index (χ0n) is 11.4. The van der Waals surface area contributed by atoms with E-state index in [-0.39, 0.29) is 0 Å². The number of aryl methyl sites for hydroxylation is 1. The molecule has 0 radical (unpaired) electrons. The third-order valence-electron chi connectivity index (χ3n) is 3.52. The van der Waals surface area contributed by atoms with Crippen molar-refractivity contribution >= 4 is 16.9 Å². The van der Waals surface area contributed by atoms with Gasteiger partial charge in [-0.15, -0.1) is 0 Å². The number of fused-ring (bicyclic) bond motifs is 1. The summed E-state index contributed by atoms with van der Waals surface area (Å²) >= 11 is 0. The largest absolute Gasteiger partial charge is 0.478 e. The van der Waals surface area contributed by atoms with Gasteiger partial charge in [-0.2, -0.15) is 0 Å². The number of carboxylic acid groups (broad SMARTS) is 1. The number of aromatic nitrogens is 1. The molecule has 19 heavy (non-hydrogen) atoms. The minimum absolute atomic E-state index is 0.407. The molecule has 0 saturated heterocycles. The number of nitrogens with zero attached hydrogens (tertiary/aromatic N) is 1. The van der Waals surface area contributed by atoms with Gasteiger partial charge in [-0.3, -0.25) is 0 Å². The number of para-hydroxylation sites is 1. The first-order valence-electron chi connectivity index (χ1n) is 7.05. The van der Waals surface area contributed by atoms with Crippen LogP contribution in [-0.2, 0) is 6.54 Å². The van der Waals surface area contributed by atoms with E-state index in [9.17, 15) is 9.90 Å². The average molecular weight is 259 g/mol. The van der Waals surface area contributed by atoms with Crippen molar-refractivity contribution in [3.05, 3.63) is 36.0 Å². The molecule has 0 amide bonds. The fourth-order valence-electron chi connectivity index (χ4n) is 2.49. The summed E-state index contributed by atoms with van der Waals surface area (Å²) in [6, 6.07) is 7.72. The third-order valence-corrected chi connectivity index (χ3v) is 3.52. The fourth-order valence-corrected chi connectivity index (χ4v) is 2.49. The van der Waals surface area contributed by atoms with Crippen LogP contribution >= 0.6 is 0 Å². The van der Waals surface area contributed by atoms with Gasteiger partial charge in [0.1, 0.15) is 0 Å². The van der Waals surface area contributed by atoms with E-state index in [1.165, 1.54) is 25.7 Å². The zero-order chi connectivity index (χ0) is 13.7. The van der Waals surface area contributed by atoms with Gasteiger partial charge in [-0.25, -0.2) is 4.79 Å². The van der Waals surface area contributed by atoms with Gasteiger partial charge in [0.05, 0.1) is 5.56 Å². The maximum absolute atomic E-state index is 11.2. The molecule has 1 heterocycles. The second-order valence-electron chi connectivity index (χ2n) is 4.97. The van der Waals surface area contributed by atoms with E-state index < -0.39 is 5.97 Å². The number of carboxylic acids is 1. The Morgan fingerprint density at radius 1 is 1.16 bits per heavy atom. The molecule has 0 saturated carbocycles. The number of aromatic carboxylic acids is 1. The number of hydrogen-bond acceptors (Lipinski definition) is 1. The van der Waals surface area contributed by atoms with E-state index in [4.69, 9.17) is 0 Å². The summed E-state index contributed by atoms with van der Waals surface area (Å²) < 4.78 is 2.07. The summed E-state index contributed by atoms with van der Waals surface area (Å²) in [6.45, 7) is 3.11. The Bertz CT molecular complexity index is 557. The average Bonchev–Trinajstić information content (AvgIpc) is 2.78. The first kappa shape index (κ1) is 13.7. The summed E-state index contributed by atoms with van der Waals surface area (Å²) in [7, 11) is 0. The first-order valence-corrected chi connectivity index (χ1v) is 7.05. The normalized spacial score (nSPS) is 11.0. The highest BCUT2D eigenvalue weighted by Gasteiger charge is 2.12. The van der Waals surface area contributed by atoms with Crippen LogP contribution in [0.4, 0.5) is 0 Å². The molecule has 0 aliphatic carbocycles. The summed E-state index contributed by atoms with van der Waals surface area (Å²) in [4.78, 5) is 11.2. The van der Waals surface area contributed by atoms with E-state index in [0.29, 0.717) is 5.56 Å². The van der Waals surface area contributed by atoms with E-state index >= 15 is 0 Å². The van der Waals surface area contributed by atoms with Crippen LogP contribution in [0.2, 0.25) is 0 Å². The van der Waals surface area contributed by atoms with Crippen molar-refractivity contribution in [3.63, 3.8) is 0 Å². The Labute approximate surface area is 113 Å². The molecule has 0 spiro atoms. The monoisotopic (exact) mass is 259 g/mol. The molecule has 1 aromatic heterocycles. The second kappa shape index (κ2) is 6.41. The quantitative estimate of drug-likeness (QED) is 0.753.